The molecule has 6 heteroatoms. The van der Waals surface area contributed by atoms with Crippen molar-refractivity contribution < 1.29 is 13.5 Å². The van der Waals surface area contributed by atoms with Crippen molar-refractivity contribution in [1.82, 2.24) is 4.31 Å². The normalized spacial score (nSPS) is 13.1. The summed E-state index contributed by atoms with van der Waals surface area (Å²) in [6, 6.07) is 6.05. The molecule has 0 aliphatic rings. The van der Waals surface area contributed by atoms with Gasteiger partial charge in [-0.15, -0.1) is 0 Å². The van der Waals surface area contributed by atoms with Gasteiger partial charge in [-0.2, -0.15) is 4.31 Å². The largest absolute Gasteiger partial charge is 0.394 e. The molecule has 17 heavy (non-hydrogen) atoms. The van der Waals surface area contributed by atoms with E-state index in [4.69, 9.17) is 11.6 Å². The maximum Gasteiger partial charge on any atom is 0.243 e. The van der Waals surface area contributed by atoms with Gasteiger partial charge in [-0.1, -0.05) is 17.7 Å². The minimum absolute atomic E-state index is 0.119. The number of aliphatic hydroxyl groups excluding tert-OH is 1. The lowest BCUT2D eigenvalue weighted by Crippen LogP contribution is -2.47. The van der Waals surface area contributed by atoms with Gasteiger partial charge in [-0.3, -0.25) is 0 Å². The lowest BCUT2D eigenvalue weighted by atomic mass is 10.1. The monoisotopic (exact) mass is 277 g/mol. The molecule has 1 rings (SSSR count). The van der Waals surface area contributed by atoms with E-state index in [0.717, 1.165) is 4.31 Å². The summed E-state index contributed by atoms with van der Waals surface area (Å²) in [4.78, 5) is 0.119. The predicted octanol–water partition coefficient (Wildman–Crippen LogP) is 1.73. The molecule has 0 saturated heterocycles. The molecule has 1 aromatic carbocycles. The van der Waals surface area contributed by atoms with Crippen molar-refractivity contribution in [3.8, 4) is 0 Å². The zero-order valence-corrected chi connectivity index (χ0v) is 11.6. The second-order valence-electron chi connectivity index (χ2n) is 4.40. The molecular weight excluding hydrogens is 262 g/mol. The number of halogens is 1. The molecule has 0 bridgehead atoms. The minimum Gasteiger partial charge on any atom is -0.394 e. The maximum atomic E-state index is 12.2. The van der Waals surface area contributed by atoms with Crippen LogP contribution in [0.4, 0.5) is 0 Å². The van der Waals surface area contributed by atoms with Crippen LogP contribution in [0.15, 0.2) is 29.2 Å². The van der Waals surface area contributed by atoms with Crippen LogP contribution in [0.2, 0.25) is 5.02 Å². The van der Waals surface area contributed by atoms with Gasteiger partial charge < -0.3 is 5.11 Å². The topological polar surface area (TPSA) is 57.6 Å². The summed E-state index contributed by atoms with van der Waals surface area (Å²) in [6.45, 7) is 3.04. The third kappa shape index (κ3) is 2.98. The van der Waals surface area contributed by atoms with E-state index in [-0.39, 0.29) is 11.5 Å². The van der Waals surface area contributed by atoms with Gasteiger partial charge in [0.2, 0.25) is 10.0 Å². The number of aliphatic hydroxyl groups is 1. The van der Waals surface area contributed by atoms with E-state index in [1.54, 1.807) is 26.0 Å². The number of likely N-dealkylation sites (N-methyl/N-ethyl adjacent to an activating group) is 1. The van der Waals surface area contributed by atoms with Crippen molar-refractivity contribution in [2.75, 3.05) is 13.7 Å². The van der Waals surface area contributed by atoms with Gasteiger partial charge in [-0.25, -0.2) is 8.42 Å². The van der Waals surface area contributed by atoms with Crippen LogP contribution in [0.5, 0.6) is 0 Å². The van der Waals surface area contributed by atoms with Crippen LogP contribution in [0.3, 0.4) is 0 Å². The van der Waals surface area contributed by atoms with Gasteiger partial charge in [0, 0.05) is 12.1 Å². The first-order valence-electron chi connectivity index (χ1n) is 5.07. The summed E-state index contributed by atoms with van der Waals surface area (Å²) in [7, 11) is -2.21. The highest BCUT2D eigenvalue weighted by molar-refractivity contribution is 7.89. The average molecular weight is 278 g/mol. The van der Waals surface area contributed by atoms with Crippen LogP contribution >= 0.6 is 11.6 Å². The molecule has 96 valence electrons. The molecule has 0 saturated carbocycles. The molecule has 1 aromatic rings. The number of nitrogens with zero attached hydrogens (tertiary/aromatic N) is 1. The fourth-order valence-electron chi connectivity index (χ4n) is 1.21. The summed E-state index contributed by atoms with van der Waals surface area (Å²) in [6.07, 6.45) is 0. The van der Waals surface area contributed by atoms with Crippen LogP contribution in [0.1, 0.15) is 13.8 Å². The first-order valence-corrected chi connectivity index (χ1v) is 6.89. The van der Waals surface area contributed by atoms with Crippen LogP contribution < -0.4 is 0 Å². The maximum absolute atomic E-state index is 12.2. The Labute approximate surface area is 107 Å². The van der Waals surface area contributed by atoms with Crippen molar-refractivity contribution >= 4 is 21.6 Å². The molecular formula is C11H16ClNO3S. The molecule has 0 radical (unpaired) electrons. The quantitative estimate of drug-likeness (QED) is 0.912. The van der Waals surface area contributed by atoms with Crippen molar-refractivity contribution in [2.45, 2.75) is 24.3 Å². The summed E-state index contributed by atoms with van der Waals surface area (Å²) >= 11 is 5.77. The lowest BCUT2D eigenvalue weighted by Gasteiger charge is -2.32. The van der Waals surface area contributed by atoms with E-state index in [2.05, 4.69) is 0 Å². The molecule has 0 amide bonds. The van der Waals surface area contributed by atoms with E-state index < -0.39 is 15.6 Å². The fraction of sp³-hybridized carbons (Fsp3) is 0.455. The van der Waals surface area contributed by atoms with E-state index in [9.17, 15) is 13.5 Å². The highest BCUT2D eigenvalue weighted by atomic mass is 35.5. The summed E-state index contributed by atoms with van der Waals surface area (Å²) in [5.41, 5.74) is -0.860. The van der Waals surface area contributed by atoms with E-state index in [1.807, 2.05) is 0 Å². The third-order valence-corrected chi connectivity index (χ3v) is 4.99. The van der Waals surface area contributed by atoms with Gasteiger partial charge in [-0.05, 0) is 32.0 Å². The van der Waals surface area contributed by atoms with E-state index >= 15 is 0 Å². The second kappa shape index (κ2) is 4.94. The molecule has 0 aliphatic heterocycles. The number of hydrogen-bond acceptors (Lipinski definition) is 3. The Kier molecular flexibility index (Phi) is 4.19. The Morgan fingerprint density at radius 2 is 2.00 bits per heavy atom. The van der Waals surface area contributed by atoms with Crippen molar-refractivity contribution in [1.29, 1.82) is 0 Å². The second-order valence-corrected chi connectivity index (χ2v) is 6.81. The highest BCUT2D eigenvalue weighted by Crippen LogP contribution is 2.24. The Morgan fingerprint density at radius 3 is 2.47 bits per heavy atom. The first kappa shape index (κ1) is 14.4. The first-order chi connectivity index (χ1) is 7.71. The van der Waals surface area contributed by atoms with Crippen LogP contribution in [-0.2, 0) is 10.0 Å². The smallest absolute Gasteiger partial charge is 0.243 e. The number of rotatable bonds is 4. The molecule has 0 atom stereocenters. The third-order valence-electron chi connectivity index (χ3n) is 2.69. The Morgan fingerprint density at radius 1 is 1.41 bits per heavy atom. The fourth-order valence-corrected chi connectivity index (χ4v) is 3.02. The van der Waals surface area contributed by atoms with E-state index in [0.29, 0.717) is 5.02 Å². The van der Waals surface area contributed by atoms with Crippen LogP contribution in [0.25, 0.3) is 0 Å². The molecule has 0 fully saturated rings. The molecule has 0 spiro atoms. The van der Waals surface area contributed by atoms with Crippen molar-refractivity contribution in [3.63, 3.8) is 0 Å². The van der Waals surface area contributed by atoms with Gasteiger partial charge in [0.05, 0.1) is 17.0 Å². The Hall–Kier alpha value is -0.620. The lowest BCUT2D eigenvalue weighted by molar-refractivity contribution is 0.138. The summed E-state index contributed by atoms with van der Waals surface area (Å²) in [5.74, 6) is 0. The molecule has 4 nitrogen and oxygen atoms in total. The zero-order chi connectivity index (χ0) is 13.3. The zero-order valence-electron chi connectivity index (χ0n) is 10.0. The molecule has 0 aromatic heterocycles. The average Bonchev–Trinajstić information content (AvgIpc) is 2.28. The molecule has 1 N–H and O–H groups in total. The van der Waals surface area contributed by atoms with Crippen LogP contribution in [-0.4, -0.2) is 37.0 Å². The van der Waals surface area contributed by atoms with Gasteiger partial charge in [0.1, 0.15) is 0 Å². The summed E-state index contributed by atoms with van der Waals surface area (Å²) < 4.78 is 25.6. The van der Waals surface area contributed by atoms with Crippen molar-refractivity contribution in [2.24, 2.45) is 0 Å². The van der Waals surface area contributed by atoms with Crippen LogP contribution in [0, 0.1) is 0 Å². The number of sulfonamides is 1. The molecule has 0 heterocycles. The van der Waals surface area contributed by atoms with Gasteiger partial charge in [0.25, 0.3) is 0 Å². The highest BCUT2D eigenvalue weighted by Gasteiger charge is 2.33. The molecule has 0 unspecified atom stereocenters. The minimum atomic E-state index is -3.64. The predicted molar refractivity (Wildman–Crippen MR) is 67.6 cm³/mol. The van der Waals surface area contributed by atoms with Gasteiger partial charge >= 0.3 is 0 Å². The number of hydrogen-bond donors (Lipinski definition) is 1. The number of benzene rings is 1. The van der Waals surface area contributed by atoms with Crippen molar-refractivity contribution in [3.05, 3.63) is 29.3 Å². The Balaban J connectivity index is 3.21. The standard InChI is InChI=1S/C11H16ClNO3S/c1-11(2,8-14)13(3)17(15,16)10-6-4-5-9(12)7-10/h4-7,14H,8H2,1-3H3. The SMILES string of the molecule is CN(C(C)(C)CO)S(=O)(=O)c1cccc(Cl)c1. The summed E-state index contributed by atoms with van der Waals surface area (Å²) in [5, 5.41) is 9.56. The Bertz CT molecular complexity index is 499. The molecule has 0 aliphatic carbocycles. The van der Waals surface area contributed by atoms with E-state index in [1.165, 1.54) is 19.2 Å². The van der Waals surface area contributed by atoms with Gasteiger partial charge in [0.15, 0.2) is 0 Å².